The fourth-order valence-corrected chi connectivity index (χ4v) is 3.19. The quantitative estimate of drug-likeness (QED) is 0.839. The zero-order valence-electron chi connectivity index (χ0n) is 14.0. The zero-order chi connectivity index (χ0) is 15.8. The normalized spacial score (nSPS) is 17.8. The maximum atomic E-state index is 6.14. The SMILES string of the molecule is CCCOc1c(OC)cccc1C(CN)N1CCCCCC1. The van der Waals surface area contributed by atoms with Crippen molar-refractivity contribution in [3.05, 3.63) is 23.8 Å². The Morgan fingerprint density at radius 2 is 1.91 bits per heavy atom. The number of nitrogens with two attached hydrogens (primary N) is 1. The van der Waals surface area contributed by atoms with Crippen molar-refractivity contribution in [2.24, 2.45) is 5.73 Å². The molecule has 1 fully saturated rings. The lowest BCUT2D eigenvalue weighted by Gasteiger charge is -2.31. The van der Waals surface area contributed by atoms with Gasteiger partial charge in [-0.25, -0.2) is 0 Å². The summed E-state index contributed by atoms with van der Waals surface area (Å²) in [6, 6.07) is 6.34. The second-order valence-corrected chi connectivity index (χ2v) is 5.93. The van der Waals surface area contributed by atoms with Gasteiger partial charge in [0.15, 0.2) is 11.5 Å². The molecule has 0 radical (unpaired) electrons. The van der Waals surface area contributed by atoms with Gasteiger partial charge in [0.2, 0.25) is 0 Å². The highest BCUT2D eigenvalue weighted by atomic mass is 16.5. The van der Waals surface area contributed by atoms with Crippen LogP contribution in [0.3, 0.4) is 0 Å². The number of hydrogen-bond donors (Lipinski definition) is 1. The number of nitrogens with zero attached hydrogens (tertiary/aromatic N) is 1. The minimum absolute atomic E-state index is 0.208. The summed E-state index contributed by atoms with van der Waals surface area (Å²) in [4.78, 5) is 2.51. The summed E-state index contributed by atoms with van der Waals surface area (Å²) in [5.41, 5.74) is 7.30. The van der Waals surface area contributed by atoms with E-state index in [4.69, 9.17) is 15.2 Å². The van der Waals surface area contributed by atoms with Gasteiger partial charge in [0, 0.05) is 12.1 Å². The van der Waals surface area contributed by atoms with Gasteiger partial charge in [-0.15, -0.1) is 0 Å². The van der Waals surface area contributed by atoms with E-state index >= 15 is 0 Å². The van der Waals surface area contributed by atoms with Crippen LogP contribution in [0.2, 0.25) is 0 Å². The summed E-state index contributed by atoms with van der Waals surface area (Å²) in [7, 11) is 1.70. The van der Waals surface area contributed by atoms with Crippen LogP contribution in [0.1, 0.15) is 50.6 Å². The number of para-hydroxylation sites is 1. The lowest BCUT2D eigenvalue weighted by Crippen LogP contribution is -2.34. The molecular formula is C18H30N2O2. The Kier molecular flexibility index (Phi) is 7.00. The van der Waals surface area contributed by atoms with Crippen molar-refractivity contribution >= 4 is 0 Å². The summed E-state index contributed by atoms with van der Waals surface area (Å²) in [6.07, 6.45) is 6.14. The Hall–Kier alpha value is -1.26. The summed E-state index contributed by atoms with van der Waals surface area (Å²) in [6.45, 7) is 5.66. The van der Waals surface area contributed by atoms with Crippen molar-refractivity contribution < 1.29 is 9.47 Å². The van der Waals surface area contributed by atoms with Crippen molar-refractivity contribution in [2.75, 3.05) is 33.4 Å². The molecule has 1 aliphatic heterocycles. The molecule has 124 valence electrons. The van der Waals surface area contributed by atoms with Crippen molar-refractivity contribution in [3.63, 3.8) is 0 Å². The van der Waals surface area contributed by atoms with Gasteiger partial charge in [-0.3, -0.25) is 4.90 Å². The molecule has 4 nitrogen and oxygen atoms in total. The van der Waals surface area contributed by atoms with Gasteiger partial charge in [-0.1, -0.05) is 31.9 Å². The molecule has 0 spiro atoms. The van der Waals surface area contributed by atoms with E-state index in [2.05, 4.69) is 17.9 Å². The molecule has 1 aliphatic rings. The minimum Gasteiger partial charge on any atom is -0.493 e. The second-order valence-electron chi connectivity index (χ2n) is 5.93. The van der Waals surface area contributed by atoms with Crippen LogP contribution in [0.5, 0.6) is 11.5 Å². The molecule has 2 rings (SSSR count). The molecule has 1 aromatic rings. The molecule has 1 atom stereocenters. The first kappa shape index (κ1) is 17.1. The summed E-state index contributed by atoms with van der Waals surface area (Å²) in [5.74, 6) is 1.67. The number of ether oxygens (including phenoxy) is 2. The van der Waals surface area contributed by atoms with E-state index in [1.54, 1.807) is 7.11 Å². The Balaban J connectivity index is 2.29. The lowest BCUT2D eigenvalue weighted by molar-refractivity contribution is 0.201. The van der Waals surface area contributed by atoms with E-state index in [1.165, 1.54) is 25.7 Å². The first-order valence-corrected chi connectivity index (χ1v) is 8.55. The molecular weight excluding hydrogens is 276 g/mol. The van der Waals surface area contributed by atoms with E-state index < -0.39 is 0 Å². The minimum atomic E-state index is 0.208. The molecule has 2 N–H and O–H groups in total. The maximum Gasteiger partial charge on any atom is 0.165 e. The molecule has 0 saturated carbocycles. The summed E-state index contributed by atoms with van der Waals surface area (Å²) >= 11 is 0. The van der Waals surface area contributed by atoms with Crippen LogP contribution in [0.25, 0.3) is 0 Å². The van der Waals surface area contributed by atoms with Crippen LogP contribution in [-0.2, 0) is 0 Å². The smallest absolute Gasteiger partial charge is 0.165 e. The number of rotatable bonds is 7. The molecule has 0 aromatic heterocycles. The number of hydrogen-bond acceptors (Lipinski definition) is 4. The molecule has 1 heterocycles. The van der Waals surface area contributed by atoms with Crippen molar-refractivity contribution in [1.82, 2.24) is 4.90 Å². The molecule has 1 saturated heterocycles. The average Bonchev–Trinajstić information content (AvgIpc) is 2.83. The van der Waals surface area contributed by atoms with E-state index in [9.17, 15) is 0 Å². The topological polar surface area (TPSA) is 47.7 Å². The first-order valence-electron chi connectivity index (χ1n) is 8.55. The van der Waals surface area contributed by atoms with Gasteiger partial charge in [0.05, 0.1) is 19.8 Å². The fourth-order valence-electron chi connectivity index (χ4n) is 3.19. The molecule has 1 aromatic carbocycles. The van der Waals surface area contributed by atoms with Gasteiger partial charge in [-0.2, -0.15) is 0 Å². The van der Waals surface area contributed by atoms with Gasteiger partial charge in [0.1, 0.15) is 0 Å². The lowest BCUT2D eigenvalue weighted by atomic mass is 10.0. The predicted octanol–water partition coefficient (Wildman–Crippen LogP) is 3.36. The summed E-state index contributed by atoms with van der Waals surface area (Å²) in [5, 5.41) is 0. The fraction of sp³-hybridized carbons (Fsp3) is 0.667. The Bertz CT molecular complexity index is 443. The molecule has 0 bridgehead atoms. The third-order valence-corrected chi connectivity index (χ3v) is 4.34. The molecule has 0 aliphatic carbocycles. The Morgan fingerprint density at radius 3 is 2.50 bits per heavy atom. The first-order chi connectivity index (χ1) is 10.8. The van der Waals surface area contributed by atoms with Crippen molar-refractivity contribution in [3.8, 4) is 11.5 Å². The van der Waals surface area contributed by atoms with E-state index in [1.807, 2.05) is 12.1 Å². The van der Waals surface area contributed by atoms with Crippen LogP contribution >= 0.6 is 0 Å². The van der Waals surface area contributed by atoms with E-state index in [0.717, 1.165) is 36.6 Å². The highest BCUT2D eigenvalue weighted by Gasteiger charge is 2.24. The molecule has 1 unspecified atom stereocenters. The maximum absolute atomic E-state index is 6.14. The largest absolute Gasteiger partial charge is 0.493 e. The second kappa shape index (κ2) is 9.01. The molecule has 4 heteroatoms. The molecule has 22 heavy (non-hydrogen) atoms. The third kappa shape index (κ3) is 4.14. The van der Waals surface area contributed by atoms with Crippen LogP contribution in [0, 0.1) is 0 Å². The van der Waals surface area contributed by atoms with Crippen LogP contribution in [0.15, 0.2) is 18.2 Å². The standard InChI is InChI=1S/C18H30N2O2/c1-3-13-22-18-15(9-8-10-17(18)21-2)16(14-19)20-11-6-4-5-7-12-20/h8-10,16H,3-7,11-14,19H2,1-2H3. The monoisotopic (exact) mass is 306 g/mol. The van der Waals surface area contributed by atoms with Crippen molar-refractivity contribution in [1.29, 1.82) is 0 Å². The number of benzene rings is 1. The highest BCUT2D eigenvalue weighted by molar-refractivity contribution is 5.48. The van der Waals surface area contributed by atoms with Gasteiger partial charge < -0.3 is 15.2 Å². The van der Waals surface area contributed by atoms with Gasteiger partial charge in [-0.05, 0) is 38.4 Å². The van der Waals surface area contributed by atoms with Crippen LogP contribution < -0.4 is 15.2 Å². The van der Waals surface area contributed by atoms with E-state index in [-0.39, 0.29) is 6.04 Å². The van der Waals surface area contributed by atoms with Crippen molar-refractivity contribution in [2.45, 2.75) is 45.1 Å². The van der Waals surface area contributed by atoms with Crippen LogP contribution in [-0.4, -0.2) is 38.3 Å². The molecule has 0 amide bonds. The Morgan fingerprint density at radius 1 is 1.18 bits per heavy atom. The Labute approximate surface area is 134 Å². The van der Waals surface area contributed by atoms with E-state index in [0.29, 0.717) is 13.2 Å². The van der Waals surface area contributed by atoms with Gasteiger partial charge >= 0.3 is 0 Å². The highest BCUT2D eigenvalue weighted by Crippen LogP contribution is 2.37. The van der Waals surface area contributed by atoms with Crippen LogP contribution in [0.4, 0.5) is 0 Å². The third-order valence-electron chi connectivity index (χ3n) is 4.34. The van der Waals surface area contributed by atoms with Gasteiger partial charge in [0.25, 0.3) is 0 Å². The predicted molar refractivity (Wildman–Crippen MR) is 90.6 cm³/mol. The zero-order valence-corrected chi connectivity index (χ0v) is 14.0. The average molecular weight is 306 g/mol. The summed E-state index contributed by atoms with van der Waals surface area (Å²) < 4.78 is 11.5. The number of methoxy groups -OCH3 is 1. The number of likely N-dealkylation sites (tertiary alicyclic amines) is 1.